The highest BCUT2D eigenvalue weighted by molar-refractivity contribution is 7.18. The molecular weight excluding hydrogens is 230 g/mol. The van der Waals surface area contributed by atoms with Gasteiger partial charge in [0, 0.05) is 12.3 Å². The summed E-state index contributed by atoms with van der Waals surface area (Å²) in [6, 6.07) is 6.34. The first-order valence-corrected chi connectivity index (χ1v) is 6.76. The van der Waals surface area contributed by atoms with Crippen molar-refractivity contribution in [3.05, 3.63) is 28.8 Å². The van der Waals surface area contributed by atoms with Crippen LogP contribution in [0.1, 0.15) is 43.7 Å². The Bertz CT molecular complexity index is 542. The second kappa shape index (κ2) is 4.96. The number of aryl methyl sites for hydroxylation is 1. The van der Waals surface area contributed by atoms with Crippen molar-refractivity contribution in [3.8, 4) is 0 Å². The predicted octanol–water partition coefficient (Wildman–Crippen LogP) is 3.94. The molecule has 3 heteroatoms. The van der Waals surface area contributed by atoms with E-state index in [2.05, 4.69) is 37.0 Å². The van der Waals surface area contributed by atoms with Gasteiger partial charge in [0.25, 0.3) is 0 Å². The zero-order chi connectivity index (χ0) is 12.4. The van der Waals surface area contributed by atoms with Crippen molar-refractivity contribution in [1.82, 2.24) is 4.98 Å². The van der Waals surface area contributed by atoms with Gasteiger partial charge in [-0.2, -0.15) is 0 Å². The quantitative estimate of drug-likeness (QED) is 0.819. The van der Waals surface area contributed by atoms with Crippen molar-refractivity contribution in [3.63, 3.8) is 0 Å². The van der Waals surface area contributed by atoms with Crippen molar-refractivity contribution in [2.45, 2.75) is 39.5 Å². The Hall–Kier alpha value is -1.22. The summed E-state index contributed by atoms with van der Waals surface area (Å²) in [5.41, 5.74) is 2.27. The number of nitrogens with zero attached hydrogens (tertiary/aromatic N) is 1. The molecule has 0 saturated carbocycles. The molecule has 0 aliphatic rings. The molecule has 0 unspecified atom stereocenters. The Morgan fingerprint density at radius 1 is 1.41 bits per heavy atom. The molecule has 0 bridgehead atoms. The van der Waals surface area contributed by atoms with E-state index in [0.717, 1.165) is 11.9 Å². The van der Waals surface area contributed by atoms with Crippen LogP contribution in [-0.4, -0.2) is 10.8 Å². The van der Waals surface area contributed by atoms with E-state index in [0.29, 0.717) is 12.3 Å². The number of carbonyl (C=O) groups excluding carboxylic acids is 1. The lowest BCUT2D eigenvalue weighted by molar-refractivity contribution is -0.116. The van der Waals surface area contributed by atoms with Crippen LogP contribution in [0.4, 0.5) is 0 Å². The van der Waals surface area contributed by atoms with Crippen LogP contribution in [0.2, 0.25) is 0 Å². The minimum absolute atomic E-state index is 0.242. The number of thiazole rings is 1. The molecule has 0 radical (unpaired) electrons. The lowest BCUT2D eigenvalue weighted by atomic mass is 10.1. The highest BCUT2D eigenvalue weighted by Gasteiger charge is 2.07. The topological polar surface area (TPSA) is 30.0 Å². The molecule has 0 aliphatic carbocycles. The number of fused-ring (bicyclic) bond motifs is 1. The fourth-order valence-corrected chi connectivity index (χ4v) is 2.66. The SMILES string of the molecule is CC(=O)CCc1ccc2sc(C(C)C)nc2c1. The van der Waals surface area contributed by atoms with Gasteiger partial charge in [0.15, 0.2) is 0 Å². The van der Waals surface area contributed by atoms with Crippen LogP contribution < -0.4 is 0 Å². The normalized spacial score (nSPS) is 11.3. The van der Waals surface area contributed by atoms with Gasteiger partial charge in [-0.15, -0.1) is 11.3 Å². The average Bonchev–Trinajstić information content (AvgIpc) is 2.69. The zero-order valence-electron chi connectivity index (χ0n) is 10.5. The molecule has 2 aromatic rings. The third-order valence-corrected chi connectivity index (χ3v) is 4.07. The second-order valence-electron chi connectivity index (χ2n) is 4.71. The zero-order valence-corrected chi connectivity index (χ0v) is 11.3. The summed E-state index contributed by atoms with van der Waals surface area (Å²) in [5, 5.41) is 1.18. The molecule has 0 aliphatic heterocycles. The fraction of sp³-hybridized carbons (Fsp3) is 0.429. The van der Waals surface area contributed by atoms with E-state index in [-0.39, 0.29) is 5.78 Å². The number of Topliss-reactive ketones (excluding diaryl/α,β-unsaturated/α-hetero) is 1. The lowest BCUT2D eigenvalue weighted by Crippen LogP contribution is -1.93. The third-order valence-electron chi connectivity index (χ3n) is 2.73. The molecule has 0 N–H and O–H groups in total. The predicted molar refractivity (Wildman–Crippen MR) is 72.7 cm³/mol. The van der Waals surface area contributed by atoms with E-state index in [1.54, 1.807) is 18.3 Å². The van der Waals surface area contributed by atoms with Crippen LogP contribution in [0.3, 0.4) is 0 Å². The van der Waals surface area contributed by atoms with Gasteiger partial charge in [-0.3, -0.25) is 0 Å². The molecule has 17 heavy (non-hydrogen) atoms. The molecule has 0 amide bonds. The molecule has 1 aromatic heterocycles. The summed E-state index contributed by atoms with van der Waals surface area (Å²) in [5.74, 6) is 0.722. The van der Waals surface area contributed by atoms with Crippen molar-refractivity contribution in [1.29, 1.82) is 0 Å². The van der Waals surface area contributed by atoms with Crippen LogP contribution in [0.15, 0.2) is 18.2 Å². The molecule has 2 nitrogen and oxygen atoms in total. The fourth-order valence-electron chi connectivity index (χ4n) is 1.71. The summed E-state index contributed by atoms with van der Waals surface area (Å²) in [4.78, 5) is 15.6. The van der Waals surface area contributed by atoms with Gasteiger partial charge in [-0.1, -0.05) is 19.9 Å². The Balaban J connectivity index is 2.27. The largest absolute Gasteiger partial charge is 0.300 e. The third kappa shape index (κ3) is 2.91. The van der Waals surface area contributed by atoms with E-state index < -0.39 is 0 Å². The molecule has 1 heterocycles. The number of rotatable bonds is 4. The van der Waals surface area contributed by atoms with Crippen molar-refractivity contribution in [2.24, 2.45) is 0 Å². The maximum Gasteiger partial charge on any atom is 0.130 e. The Morgan fingerprint density at radius 3 is 2.82 bits per heavy atom. The van der Waals surface area contributed by atoms with Gasteiger partial charge < -0.3 is 4.79 Å². The number of hydrogen-bond acceptors (Lipinski definition) is 3. The van der Waals surface area contributed by atoms with E-state index in [4.69, 9.17) is 0 Å². The summed E-state index contributed by atoms with van der Waals surface area (Å²) in [7, 11) is 0. The molecule has 2 rings (SSSR count). The second-order valence-corrected chi connectivity index (χ2v) is 5.77. The first kappa shape index (κ1) is 12.2. The highest BCUT2D eigenvalue weighted by atomic mass is 32.1. The molecule has 0 fully saturated rings. The summed E-state index contributed by atoms with van der Waals surface area (Å²) >= 11 is 1.76. The van der Waals surface area contributed by atoms with Crippen LogP contribution >= 0.6 is 11.3 Å². The average molecular weight is 247 g/mol. The smallest absolute Gasteiger partial charge is 0.130 e. The molecular formula is C14H17NOS. The Labute approximate surface area is 106 Å². The van der Waals surface area contributed by atoms with Gasteiger partial charge in [0.05, 0.1) is 15.2 Å². The van der Waals surface area contributed by atoms with Crippen LogP contribution in [-0.2, 0) is 11.2 Å². The van der Waals surface area contributed by atoms with E-state index in [9.17, 15) is 4.79 Å². The molecule has 90 valence electrons. The molecule has 0 saturated heterocycles. The molecule has 0 atom stereocenters. The minimum atomic E-state index is 0.242. The van der Waals surface area contributed by atoms with Gasteiger partial charge in [0.1, 0.15) is 5.78 Å². The van der Waals surface area contributed by atoms with Crippen molar-refractivity contribution in [2.75, 3.05) is 0 Å². The maximum absolute atomic E-state index is 11.0. The Kier molecular flexibility index (Phi) is 3.57. The van der Waals surface area contributed by atoms with E-state index in [1.807, 2.05) is 0 Å². The summed E-state index contributed by atoms with van der Waals surface area (Å²) in [6.07, 6.45) is 1.44. The summed E-state index contributed by atoms with van der Waals surface area (Å²) < 4.78 is 1.24. The van der Waals surface area contributed by atoms with Gasteiger partial charge >= 0.3 is 0 Å². The summed E-state index contributed by atoms with van der Waals surface area (Å²) in [6.45, 7) is 5.96. The van der Waals surface area contributed by atoms with Gasteiger partial charge in [0.2, 0.25) is 0 Å². The van der Waals surface area contributed by atoms with Crippen LogP contribution in [0.25, 0.3) is 10.2 Å². The number of aromatic nitrogens is 1. The van der Waals surface area contributed by atoms with E-state index in [1.165, 1.54) is 15.3 Å². The lowest BCUT2D eigenvalue weighted by Gasteiger charge is -1.98. The highest BCUT2D eigenvalue weighted by Crippen LogP contribution is 2.28. The number of ketones is 1. The van der Waals surface area contributed by atoms with Crippen LogP contribution in [0.5, 0.6) is 0 Å². The maximum atomic E-state index is 11.0. The van der Waals surface area contributed by atoms with Gasteiger partial charge in [-0.05, 0) is 31.0 Å². The van der Waals surface area contributed by atoms with Crippen LogP contribution in [0, 0.1) is 0 Å². The van der Waals surface area contributed by atoms with E-state index >= 15 is 0 Å². The first-order chi connectivity index (χ1) is 8.06. The number of benzene rings is 1. The van der Waals surface area contributed by atoms with Gasteiger partial charge in [-0.25, -0.2) is 4.98 Å². The first-order valence-electron chi connectivity index (χ1n) is 5.95. The minimum Gasteiger partial charge on any atom is -0.300 e. The van der Waals surface area contributed by atoms with Crippen molar-refractivity contribution >= 4 is 27.3 Å². The standard InChI is InChI=1S/C14H17NOS/c1-9(2)14-15-12-8-11(5-4-10(3)16)6-7-13(12)17-14/h6-9H,4-5H2,1-3H3. The number of carbonyl (C=O) groups is 1. The molecule has 1 aromatic carbocycles. The number of hydrogen-bond donors (Lipinski definition) is 0. The van der Waals surface area contributed by atoms with Crippen molar-refractivity contribution < 1.29 is 4.79 Å². The molecule has 0 spiro atoms. The Morgan fingerprint density at radius 2 is 2.18 bits per heavy atom. The monoisotopic (exact) mass is 247 g/mol.